The Balaban J connectivity index is 1.58. The Morgan fingerprint density at radius 1 is 1.23 bits per heavy atom. The number of nitrogens with one attached hydrogen (secondary N) is 1. The van der Waals surface area contributed by atoms with Gasteiger partial charge < -0.3 is 10.1 Å². The number of aryl methyl sites for hydroxylation is 1. The van der Waals surface area contributed by atoms with E-state index in [1.807, 2.05) is 50.4 Å². The maximum absolute atomic E-state index is 12.1. The maximum Gasteiger partial charge on any atom is 0.228 e. The molecule has 0 bridgehead atoms. The van der Waals surface area contributed by atoms with E-state index in [0.29, 0.717) is 11.7 Å². The van der Waals surface area contributed by atoms with E-state index in [4.69, 9.17) is 4.74 Å². The molecule has 1 atom stereocenters. The Bertz CT molecular complexity index is 1180. The summed E-state index contributed by atoms with van der Waals surface area (Å²) in [6.45, 7) is 6.21. The second-order valence-corrected chi connectivity index (χ2v) is 8.89. The number of amides is 1. The molecule has 6 nitrogen and oxygen atoms in total. The quantitative estimate of drug-likeness (QED) is 0.401. The predicted molar refractivity (Wildman–Crippen MR) is 122 cm³/mol. The van der Waals surface area contributed by atoms with Gasteiger partial charge in [-0.05, 0) is 41.7 Å². The van der Waals surface area contributed by atoms with Crippen LogP contribution in [0.3, 0.4) is 0 Å². The molecule has 4 rings (SSSR count). The molecule has 30 heavy (non-hydrogen) atoms. The van der Waals surface area contributed by atoms with Crippen molar-refractivity contribution in [2.45, 2.75) is 33.8 Å². The fourth-order valence-corrected chi connectivity index (χ4v) is 4.25. The van der Waals surface area contributed by atoms with Gasteiger partial charge in [-0.2, -0.15) is 0 Å². The van der Waals surface area contributed by atoms with Crippen LogP contribution in [0.1, 0.15) is 30.8 Å². The third kappa shape index (κ3) is 4.20. The number of rotatable bonds is 7. The van der Waals surface area contributed by atoms with Crippen LogP contribution in [0.4, 0.5) is 5.13 Å². The molecule has 1 N–H and O–H groups in total. The van der Waals surface area contributed by atoms with Gasteiger partial charge in [-0.1, -0.05) is 48.7 Å². The van der Waals surface area contributed by atoms with Crippen LogP contribution in [-0.2, 0) is 11.4 Å². The summed E-state index contributed by atoms with van der Waals surface area (Å²) in [4.78, 5) is 17.6. The van der Waals surface area contributed by atoms with E-state index in [9.17, 15) is 4.79 Å². The van der Waals surface area contributed by atoms with Crippen LogP contribution in [-0.4, -0.2) is 20.5 Å². The van der Waals surface area contributed by atoms with Crippen LogP contribution >= 0.6 is 22.9 Å². The smallest absolute Gasteiger partial charge is 0.228 e. The van der Waals surface area contributed by atoms with Crippen LogP contribution in [0.5, 0.6) is 5.75 Å². The fraction of sp³-hybridized carbons (Fsp3) is 0.273. The van der Waals surface area contributed by atoms with Gasteiger partial charge in [0.25, 0.3) is 0 Å². The van der Waals surface area contributed by atoms with Gasteiger partial charge in [-0.15, -0.1) is 16.4 Å². The van der Waals surface area contributed by atoms with Crippen LogP contribution < -0.4 is 10.1 Å². The summed E-state index contributed by atoms with van der Waals surface area (Å²) < 4.78 is 10.3. The molecular formula is C22H22N4O2S2. The van der Waals surface area contributed by atoms with Crippen LogP contribution in [0.25, 0.3) is 22.0 Å². The van der Waals surface area contributed by atoms with Crippen molar-refractivity contribution in [1.82, 2.24) is 14.6 Å². The molecule has 0 spiro atoms. The summed E-state index contributed by atoms with van der Waals surface area (Å²) in [5.74, 6) is 0.689. The van der Waals surface area contributed by atoms with E-state index in [1.54, 1.807) is 0 Å². The number of ether oxygens (including phenoxy) is 1. The number of hydrogen-bond acceptors (Lipinski definition) is 7. The molecule has 0 aliphatic heterocycles. The average Bonchev–Trinajstić information content (AvgIpc) is 3.39. The molecule has 8 heteroatoms. The minimum Gasteiger partial charge on any atom is -0.487 e. The molecule has 154 valence electrons. The predicted octanol–water partition coefficient (Wildman–Crippen LogP) is 5.69. The van der Waals surface area contributed by atoms with Crippen molar-refractivity contribution in [3.63, 3.8) is 0 Å². The van der Waals surface area contributed by atoms with Crippen LogP contribution in [0, 0.1) is 12.8 Å². The Hall–Kier alpha value is -2.84. The van der Waals surface area contributed by atoms with E-state index in [0.717, 1.165) is 44.8 Å². The number of benzene rings is 2. The largest absolute Gasteiger partial charge is 0.487 e. The fourth-order valence-electron chi connectivity index (χ4n) is 3.07. The number of fused-ring (bicyclic) bond motifs is 1. The maximum atomic E-state index is 12.1. The molecule has 0 saturated carbocycles. The van der Waals surface area contributed by atoms with Crippen molar-refractivity contribution < 1.29 is 9.53 Å². The summed E-state index contributed by atoms with van der Waals surface area (Å²) in [7, 11) is 0. The van der Waals surface area contributed by atoms with Gasteiger partial charge in [0.1, 0.15) is 18.1 Å². The second-order valence-electron chi connectivity index (χ2n) is 7.07. The van der Waals surface area contributed by atoms with Gasteiger partial charge in [0.2, 0.25) is 5.91 Å². The molecule has 4 aromatic rings. The van der Waals surface area contributed by atoms with Crippen molar-refractivity contribution in [3.05, 3.63) is 52.3 Å². The lowest BCUT2D eigenvalue weighted by Gasteiger charge is -2.13. The molecule has 0 aliphatic rings. The van der Waals surface area contributed by atoms with Crippen molar-refractivity contribution in [2.75, 3.05) is 5.32 Å². The second kappa shape index (κ2) is 8.89. The van der Waals surface area contributed by atoms with Gasteiger partial charge in [-0.3, -0.25) is 4.79 Å². The van der Waals surface area contributed by atoms with E-state index < -0.39 is 0 Å². The van der Waals surface area contributed by atoms with Gasteiger partial charge in [0.15, 0.2) is 5.13 Å². The summed E-state index contributed by atoms with van der Waals surface area (Å²) in [6, 6.07) is 12.2. The third-order valence-corrected chi connectivity index (χ3v) is 6.43. The average molecular weight is 439 g/mol. The Labute approximate surface area is 183 Å². The number of hydrogen-bond donors (Lipinski definition) is 1. The van der Waals surface area contributed by atoms with E-state index in [1.165, 1.54) is 22.9 Å². The number of thiazole rings is 1. The molecule has 0 fully saturated rings. The summed E-state index contributed by atoms with van der Waals surface area (Å²) in [5, 5.41) is 11.9. The van der Waals surface area contributed by atoms with Gasteiger partial charge >= 0.3 is 0 Å². The normalized spacial score (nSPS) is 12.1. The third-order valence-electron chi connectivity index (χ3n) is 5.00. The highest BCUT2D eigenvalue weighted by Gasteiger charge is 2.17. The van der Waals surface area contributed by atoms with Gasteiger partial charge in [0, 0.05) is 11.3 Å². The zero-order chi connectivity index (χ0) is 21.1. The van der Waals surface area contributed by atoms with Gasteiger partial charge in [-0.25, -0.2) is 4.98 Å². The highest BCUT2D eigenvalue weighted by Crippen LogP contribution is 2.38. The summed E-state index contributed by atoms with van der Waals surface area (Å²) >= 11 is 2.78. The summed E-state index contributed by atoms with van der Waals surface area (Å²) in [6.07, 6.45) is 0.794. The van der Waals surface area contributed by atoms with Crippen LogP contribution in [0.15, 0.2) is 41.8 Å². The molecule has 0 aliphatic carbocycles. The zero-order valence-corrected chi connectivity index (χ0v) is 18.6. The number of nitrogens with zero attached hydrogens (tertiary/aromatic N) is 3. The van der Waals surface area contributed by atoms with E-state index >= 15 is 0 Å². The van der Waals surface area contributed by atoms with Gasteiger partial charge in [0.05, 0.1) is 16.1 Å². The first kappa shape index (κ1) is 20.4. The Morgan fingerprint density at radius 2 is 2.07 bits per heavy atom. The van der Waals surface area contributed by atoms with Crippen LogP contribution in [0.2, 0.25) is 0 Å². The highest BCUT2D eigenvalue weighted by atomic mass is 32.1. The zero-order valence-electron chi connectivity index (χ0n) is 17.0. The van der Waals surface area contributed by atoms with Crippen molar-refractivity contribution in [1.29, 1.82) is 0 Å². The molecule has 2 aromatic heterocycles. The number of carbonyl (C=O) groups is 1. The van der Waals surface area contributed by atoms with E-state index in [-0.39, 0.29) is 11.8 Å². The molecular weight excluding hydrogens is 416 g/mol. The standard InChI is InChI=1S/C22H22N4O2S2/c1-4-13(2)21(27)24-22-23-16(12-29-22)11-28-18-10-9-15-7-5-6-8-17(15)19(18)20-14(3)30-26-25-20/h5-10,12-13H,4,11H2,1-3H3,(H,23,24,27). The lowest BCUT2D eigenvalue weighted by atomic mass is 10.0. The molecule has 2 heterocycles. The highest BCUT2D eigenvalue weighted by molar-refractivity contribution is 7.13. The first-order valence-electron chi connectivity index (χ1n) is 9.76. The first-order valence-corrected chi connectivity index (χ1v) is 11.4. The minimum atomic E-state index is -0.0382. The van der Waals surface area contributed by atoms with E-state index in [2.05, 4.69) is 32.0 Å². The lowest BCUT2D eigenvalue weighted by Crippen LogP contribution is -2.19. The molecule has 0 saturated heterocycles. The number of carbonyl (C=O) groups excluding carboxylic acids is 1. The van der Waals surface area contributed by atoms with Crippen molar-refractivity contribution >= 4 is 44.7 Å². The SMILES string of the molecule is CCC(C)C(=O)Nc1nc(COc2ccc3ccccc3c2-c2nnsc2C)cs1. The molecule has 0 radical (unpaired) electrons. The molecule has 1 amide bonds. The molecule has 1 unspecified atom stereocenters. The topological polar surface area (TPSA) is 77.0 Å². The lowest BCUT2D eigenvalue weighted by molar-refractivity contribution is -0.119. The monoisotopic (exact) mass is 438 g/mol. The minimum absolute atomic E-state index is 0.0114. The van der Waals surface area contributed by atoms with Crippen molar-refractivity contribution in [2.24, 2.45) is 5.92 Å². The Morgan fingerprint density at radius 3 is 2.83 bits per heavy atom. The number of anilines is 1. The molecule has 2 aromatic carbocycles. The summed E-state index contributed by atoms with van der Waals surface area (Å²) in [5.41, 5.74) is 2.55. The van der Waals surface area contributed by atoms with Crippen molar-refractivity contribution in [3.8, 4) is 17.0 Å². The first-order chi connectivity index (χ1) is 14.6. The number of aromatic nitrogens is 3. The Kier molecular flexibility index (Phi) is 6.06.